The summed E-state index contributed by atoms with van der Waals surface area (Å²) in [5.41, 5.74) is 7.83. The highest BCUT2D eigenvalue weighted by Crippen LogP contribution is 2.43. The van der Waals surface area contributed by atoms with Crippen LogP contribution in [0.2, 0.25) is 16.6 Å². The van der Waals surface area contributed by atoms with Gasteiger partial charge >= 0.3 is 0 Å². The Morgan fingerprint density at radius 2 is 1.53 bits per heavy atom. The molecule has 0 fully saturated rings. The Bertz CT molecular complexity index is 824. The lowest BCUT2D eigenvalue weighted by Gasteiger charge is -2.42. The highest BCUT2D eigenvalue weighted by Gasteiger charge is 2.44. The molecule has 1 unspecified atom stereocenters. The van der Waals surface area contributed by atoms with Gasteiger partial charge in [-0.2, -0.15) is 0 Å². The molecule has 1 aliphatic heterocycles. The van der Waals surface area contributed by atoms with Gasteiger partial charge in [0, 0.05) is 31.3 Å². The lowest BCUT2D eigenvalue weighted by molar-refractivity contribution is 0.267. The molecule has 0 spiro atoms. The molecule has 3 rings (SSSR count). The molecule has 0 bridgehead atoms. The molecular weight excluding hydrogens is 406 g/mol. The predicted octanol–water partition coefficient (Wildman–Crippen LogP) is 8.46. The molecular formula is C29H45NOSi. The topological polar surface area (TPSA) is 12.5 Å². The van der Waals surface area contributed by atoms with Crippen LogP contribution in [0, 0.1) is 6.92 Å². The normalized spacial score (nSPS) is 16.4. The van der Waals surface area contributed by atoms with E-state index in [2.05, 4.69) is 102 Å². The highest BCUT2D eigenvalue weighted by atomic mass is 28.4. The molecule has 2 nitrogen and oxygen atoms in total. The summed E-state index contributed by atoms with van der Waals surface area (Å²) in [4.78, 5) is 2.61. The van der Waals surface area contributed by atoms with Gasteiger partial charge in [-0.15, -0.1) is 0 Å². The van der Waals surface area contributed by atoms with E-state index < -0.39 is 8.32 Å². The Hall–Kier alpha value is -1.58. The van der Waals surface area contributed by atoms with Gasteiger partial charge < -0.3 is 9.33 Å². The van der Waals surface area contributed by atoms with Crippen molar-refractivity contribution in [1.82, 2.24) is 0 Å². The minimum atomic E-state index is -1.74. The second kappa shape index (κ2) is 11.0. The number of hydrogen-bond donors (Lipinski definition) is 0. The van der Waals surface area contributed by atoms with Crippen LogP contribution in [0.25, 0.3) is 0 Å². The molecule has 0 saturated heterocycles. The van der Waals surface area contributed by atoms with Crippen molar-refractivity contribution in [1.29, 1.82) is 0 Å². The summed E-state index contributed by atoms with van der Waals surface area (Å²) < 4.78 is 6.80. The number of aryl methyl sites for hydroxylation is 1. The highest BCUT2D eigenvalue weighted by molar-refractivity contribution is 6.77. The Morgan fingerprint density at radius 1 is 0.875 bits per heavy atom. The van der Waals surface area contributed by atoms with Gasteiger partial charge in [0.05, 0.1) is 0 Å². The van der Waals surface area contributed by atoms with Gasteiger partial charge in [0.15, 0.2) is 8.32 Å². The molecule has 3 heteroatoms. The van der Waals surface area contributed by atoms with Gasteiger partial charge in [0.25, 0.3) is 0 Å². The predicted molar refractivity (Wildman–Crippen MR) is 142 cm³/mol. The first-order valence-electron chi connectivity index (χ1n) is 12.8. The molecule has 0 saturated carbocycles. The van der Waals surface area contributed by atoms with Crippen LogP contribution >= 0.6 is 0 Å². The molecule has 0 radical (unpaired) electrons. The number of para-hydroxylation sites is 1. The van der Waals surface area contributed by atoms with Crippen LogP contribution in [0.5, 0.6) is 0 Å². The number of benzene rings is 2. The molecule has 2 aromatic carbocycles. The quantitative estimate of drug-likeness (QED) is 0.251. The fraction of sp³-hybridized carbons (Fsp3) is 0.586. The summed E-state index contributed by atoms with van der Waals surface area (Å²) in [6.07, 6.45) is 3.68. The second-order valence-corrected chi connectivity index (χ2v) is 16.2. The lowest BCUT2D eigenvalue weighted by Crippen LogP contribution is -2.47. The van der Waals surface area contributed by atoms with E-state index in [0.717, 1.165) is 19.7 Å². The average molecular weight is 452 g/mol. The number of nitrogens with zero attached hydrogens (tertiary/aromatic N) is 1. The van der Waals surface area contributed by atoms with E-state index in [9.17, 15) is 0 Å². The molecule has 0 amide bonds. The molecule has 1 heterocycles. The van der Waals surface area contributed by atoms with Crippen LogP contribution in [-0.2, 0) is 11.0 Å². The standard InChI is InChI=1S/C29H45NOSi/c1-22(2)32(23(3)4,24(5)6)31-19-12-11-17-27-21-30(20-26-15-9-8-10-16-26)29-25(7)14-13-18-28(27)29/h8-10,13-16,18,22-24,27H,11-12,17,19-21H2,1-7H3. The summed E-state index contributed by atoms with van der Waals surface area (Å²) >= 11 is 0. The van der Waals surface area contributed by atoms with Crippen molar-refractivity contribution in [3.05, 3.63) is 65.2 Å². The van der Waals surface area contributed by atoms with Crippen molar-refractivity contribution in [2.24, 2.45) is 0 Å². The van der Waals surface area contributed by atoms with E-state index in [4.69, 9.17) is 4.43 Å². The number of rotatable bonds is 11. The second-order valence-electron chi connectivity index (χ2n) is 10.7. The summed E-state index contributed by atoms with van der Waals surface area (Å²) in [5, 5.41) is 0. The third-order valence-electron chi connectivity index (χ3n) is 7.69. The number of fused-ring (bicyclic) bond motifs is 1. The third kappa shape index (κ3) is 5.31. The van der Waals surface area contributed by atoms with Crippen LogP contribution in [0.3, 0.4) is 0 Å². The molecule has 0 aliphatic carbocycles. The number of unbranched alkanes of at least 4 members (excludes halogenated alkanes) is 1. The third-order valence-corrected chi connectivity index (χ3v) is 13.8. The van der Waals surface area contributed by atoms with Crippen LogP contribution in [0.1, 0.15) is 83.4 Å². The SMILES string of the molecule is Cc1cccc2c1N(Cc1ccccc1)CC2CCCCO[Si](C(C)C)(C(C)C)C(C)C. The lowest BCUT2D eigenvalue weighted by atomic mass is 9.94. The van der Waals surface area contributed by atoms with E-state index in [0.29, 0.717) is 22.5 Å². The minimum Gasteiger partial charge on any atom is -0.416 e. The zero-order chi connectivity index (χ0) is 23.3. The Morgan fingerprint density at radius 3 is 2.16 bits per heavy atom. The summed E-state index contributed by atoms with van der Waals surface area (Å²) in [7, 11) is -1.74. The molecule has 0 N–H and O–H groups in total. The van der Waals surface area contributed by atoms with Crippen molar-refractivity contribution in [3.8, 4) is 0 Å². The van der Waals surface area contributed by atoms with Crippen molar-refractivity contribution >= 4 is 14.0 Å². The Kier molecular flexibility index (Phi) is 8.63. The van der Waals surface area contributed by atoms with Crippen molar-refractivity contribution in [2.75, 3.05) is 18.1 Å². The summed E-state index contributed by atoms with van der Waals surface area (Å²) in [6.45, 7) is 19.6. The molecule has 1 atom stereocenters. The first kappa shape index (κ1) is 25.0. The van der Waals surface area contributed by atoms with E-state index in [1.807, 2.05) is 0 Å². The first-order valence-corrected chi connectivity index (χ1v) is 14.9. The van der Waals surface area contributed by atoms with E-state index in [1.54, 1.807) is 5.56 Å². The molecule has 2 aromatic rings. The maximum absolute atomic E-state index is 6.80. The van der Waals surface area contributed by atoms with Crippen molar-refractivity contribution in [2.45, 2.75) is 96.8 Å². The monoisotopic (exact) mass is 451 g/mol. The van der Waals surface area contributed by atoms with Gasteiger partial charge in [0.1, 0.15) is 0 Å². The van der Waals surface area contributed by atoms with E-state index >= 15 is 0 Å². The molecule has 32 heavy (non-hydrogen) atoms. The van der Waals surface area contributed by atoms with Crippen LogP contribution in [0.4, 0.5) is 5.69 Å². The number of anilines is 1. The fourth-order valence-corrected chi connectivity index (χ4v) is 11.8. The largest absolute Gasteiger partial charge is 0.416 e. The van der Waals surface area contributed by atoms with E-state index in [1.165, 1.54) is 36.1 Å². The first-order chi connectivity index (χ1) is 15.3. The van der Waals surface area contributed by atoms with E-state index in [-0.39, 0.29) is 0 Å². The minimum absolute atomic E-state index is 0.635. The average Bonchev–Trinajstić information content (AvgIpc) is 3.09. The summed E-state index contributed by atoms with van der Waals surface area (Å²) in [5.74, 6) is 0.635. The van der Waals surface area contributed by atoms with Crippen LogP contribution < -0.4 is 4.90 Å². The fourth-order valence-electron chi connectivity index (χ4n) is 6.33. The van der Waals surface area contributed by atoms with Crippen LogP contribution in [-0.4, -0.2) is 21.5 Å². The Balaban J connectivity index is 1.59. The zero-order valence-corrected chi connectivity index (χ0v) is 22.5. The molecule has 0 aromatic heterocycles. The molecule has 1 aliphatic rings. The van der Waals surface area contributed by atoms with Gasteiger partial charge in [0.2, 0.25) is 0 Å². The van der Waals surface area contributed by atoms with Gasteiger partial charge in [-0.25, -0.2) is 0 Å². The van der Waals surface area contributed by atoms with Crippen molar-refractivity contribution < 1.29 is 4.43 Å². The van der Waals surface area contributed by atoms with Gasteiger partial charge in [-0.1, -0.05) is 96.5 Å². The molecule has 176 valence electrons. The van der Waals surface area contributed by atoms with Gasteiger partial charge in [-0.3, -0.25) is 0 Å². The zero-order valence-electron chi connectivity index (χ0n) is 21.5. The van der Waals surface area contributed by atoms with Gasteiger partial charge in [-0.05, 0) is 53.1 Å². The van der Waals surface area contributed by atoms with Crippen LogP contribution in [0.15, 0.2) is 48.5 Å². The maximum atomic E-state index is 6.80. The maximum Gasteiger partial charge on any atom is 0.200 e. The number of hydrogen-bond acceptors (Lipinski definition) is 2. The summed E-state index contributed by atoms with van der Waals surface area (Å²) in [6, 6.07) is 17.8. The smallest absolute Gasteiger partial charge is 0.200 e. The van der Waals surface area contributed by atoms with Crippen molar-refractivity contribution in [3.63, 3.8) is 0 Å². The Labute approximate surface area is 198 Å².